The summed E-state index contributed by atoms with van der Waals surface area (Å²) in [5, 5.41) is 0. The van der Waals surface area contributed by atoms with Gasteiger partial charge in [-0.15, -0.1) is 0 Å². The number of nitrogens with zero attached hydrogens (tertiary/aromatic N) is 5. The van der Waals surface area contributed by atoms with Crippen molar-refractivity contribution in [2.24, 2.45) is 5.92 Å². The molecule has 1 aromatic heterocycles. The van der Waals surface area contributed by atoms with Crippen LogP contribution in [0.4, 0.5) is 24.9 Å². The highest BCUT2D eigenvalue weighted by Gasteiger charge is 2.39. The van der Waals surface area contributed by atoms with Gasteiger partial charge in [0.15, 0.2) is 5.69 Å². The van der Waals surface area contributed by atoms with Gasteiger partial charge in [0.05, 0.1) is 0 Å². The zero-order valence-corrected chi connectivity index (χ0v) is 14.3. The van der Waals surface area contributed by atoms with Crippen LogP contribution in [0.2, 0.25) is 0 Å². The first kappa shape index (κ1) is 17.3. The number of halogens is 3. The molecule has 2 aliphatic rings. The Morgan fingerprint density at radius 1 is 1.17 bits per heavy atom. The predicted molar refractivity (Wildman–Crippen MR) is 87.3 cm³/mol. The molecule has 134 valence electrons. The average molecular weight is 343 g/mol. The van der Waals surface area contributed by atoms with Crippen molar-refractivity contribution in [3.63, 3.8) is 0 Å². The van der Waals surface area contributed by atoms with Crippen molar-refractivity contribution >= 4 is 11.8 Å². The first-order valence-corrected chi connectivity index (χ1v) is 8.34. The molecule has 0 N–H and O–H groups in total. The van der Waals surface area contributed by atoms with Gasteiger partial charge in [0.2, 0.25) is 5.95 Å². The van der Waals surface area contributed by atoms with Gasteiger partial charge in [-0.05, 0) is 38.8 Å². The topological polar surface area (TPSA) is 35.5 Å². The molecule has 0 bridgehead atoms. The van der Waals surface area contributed by atoms with Crippen LogP contribution in [0.1, 0.15) is 25.0 Å². The minimum absolute atomic E-state index is 0.216. The zero-order chi connectivity index (χ0) is 17.5. The van der Waals surface area contributed by atoms with Gasteiger partial charge in [-0.3, -0.25) is 0 Å². The van der Waals surface area contributed by atoms with Crippen LogP contribution in [-0.4, -0.2) is 61.7 Å². The molecule has 3 heterocycles. The summed E-state index contributed by atoms with van der Waals surface area (Å²) in [4.78, 5) is 14.2. The lowest BCUT2D eigenvalue weighted by molar-refractivity contribution is -0.141. The predicted octanol–water partition coefficient (Wildman–Crippen LogP) is 2.48. The molecule has 2 saturated heterocycles. The highest BCUT2D eigenvalue weighted by Crippen LogP contribution is 2.35. The van der Waals surface area contributed by atoms with Crippen LogP contribution in [0.15, 0.2) is 6.07 Å². The Morgan fingerprint density at radius 3 is 2.58 bits per heavy atom. The van der Waals surface area contributed by atoms with Crippen LogP contribution in [0.25, 0.3) is 0 Å². The Balaban J connectivity index is 1.96. The van der Waals surface area contributed by atoms with Crippen LogP contribution in [-0.2, 0) is 6.18 Å². The molecular weight excluding hydrogens is 319 g/mol. The van der Waals surface area contributed by atoms with E-state index in [0.29, 0.717) is 11.7 Å². The van der Waals surface area contributed by atoms with E-state index in [0.717, 1.165) is 45.0 Å². The van der Waals surface area contributed by atoms with E-state index in [9.17, 15) is 13.2 Å². The molecule has 0 saturated carbocycles. The molecule has 2 atom stereocenters. The van der Waals surface area contributed by atoms with Crippen LogP contribution in [0, 0.1) is 5.92 Å². The summed E-state index contributed by atoms with van der Waals surface area (Å²) in [5.41, 5.74) is -0.869. The number of hydrogen-bond donors (Lipinski definition) is 0. The summed E-state index contributed by atoms with van der Waals surface area (Å²) in [6, 6.07) is 1.24. The summed E-state index contributed by atoms with van der Waals surface area (Å²) >= 11 is 0. The van der Waals surface area contributed by atoms with E-state index in [1.165, 1.54) is 0 Å². The van der Waals surface area contributed by atoms with Gasteiger partial charge in [-0.2, -0.15) is 18.2 Å². The highest BCUT2D eigenvalue weighted by molar-refractivity contribution is 5.46. The Kier molecular flexibility index (Phi) is 4.59. The van der Waals surface area contributed by atoms with Crippen molar-refractivity contribution in [2.45, 2.75) is 31.5 Å². The first-order chi connectivity index (χ1) is 11.3. The summed E-state index contributed by atoms with van der Waals surface area (Å²) in [5.74, 6) is 0.980. The Hall–Kier alpha value is -1.57. The molecule has 0 aliphatic carbocycles. The standard InChI is InChI=1S/C16H24F3N5/c1-22(2)14-9-13(16(17,18)19)20-15(21-14)24-7-4-5-11-10-23(3)8-6-12(11)24/h9,11-12H,4-8,10H2,1-3H3/t11-,12-/m1/s1. The van der Waals surface area contributed by atoms with Gasteiger partial charge in [-0.25, -0.2) is 4.98 Å². The number of rotatable bonds is 2. The van der Waals surface area contributed by atoms with Crippen LogP contribution >= 0.6 is 0 Å². The fraction of sp³-hybridized carbons (Fsp3) is 0.750. The monoisotopic (exact) mass is 343 g/mol. The lowest BCUT2D eigenvalue weighted by Crippen LogP contribution is -2.54. The van der Waals surface area contributed by atoms with Gasteiger partial charge in [0, 0.05) is 39.3 Å². The van der Waals surface area contributed by atoms with Crippen molar-refractivity contribution in [1.82, 2.24) is 14.9 Å². The largest absolute Gasteiger partial charge is 0.433 e. The van der Waals surface area contributed by atoms with Crippen molar-refractivity contribution < 1.29 is 13.2 Å². The number of piperidine rings is 2. The fourth-order valence-corrected chi connectivity index (χ4v) is 3.76. The zero-order valence-electron chi connectivity index (χ0n) is 14.3. The smallest absolute Gasteiger partial charge is 0.363 e. The maximum absolute atomic E-state index is 13.2. The van der Waals surface area contributed by atoms with E-state index in [2.05, 4.69) is 21.9 Å². The summed E-state index contributed by atoms with van der Waals surface area (Å²) in [7, 11) is 5.49. The third kappa shape index (κ3) is 3.43. The van der Waals surface area contributed by atoms with E-state index in [4.69, 9.17) is 0 Å². The second-order valence-corrected chi connectivity index (χ2v) is 7.02. The minimum Gasteiger partial charge on any atom is -0.363 e. The molecular formula is C16H24F3N5. The maximum Gasteiger partial charge on any atom is 0.433 e. The van der Waals surface area contributed by atoms with E-state index in [1.54, 1.807) is 19.0 Å². The van der Waals surface area contributed by atoms with Gasteiger partial charge >= 0.3 is 6.18 Å². The number of likely N-dealkylation sites (tertiary alicyclic amines) is 1. The number of alkyl halides is 3. The molecule has 24 heavy (non-hydrogen) atoms. The van der Waals surface area contributed by atoms with Crippen molar-refractivity contribution in [2.75, 3.05) is 50.6 Å². The lowest BCUT2D eigenvalue weighted by atomic mass is 9.84. The third-order valence-electron chi connectivity index (χ3n) is 4.98. The van der Waals surface area contributed by atoms with Gasteiger partial charge in [0.25, 0.3) is 0 Å². The van der Waals surface area contributed by atoms with E-state index >= 15 is 0 Å². The molecule has 0 amide bonds. The molecule has 2 aliphatic heterocycles. The molecule has 0 unspecified atom stereocenters. The second kappa shape index (κ2) is 6.38. The number of hydrogen-bond acceptors (Lipinski definition) is 5. The van der Waals surface area contributed by atoms with Crippen molar-refractivity contribution in [3.05, 3.63) is 11.8 Å². The number of aromatic nitrogens is 2. The lowest BCUT2D eigenvalue weighted by Gasteiger charge is -2.46. The fourth-order valence-electron chi connectivity index (χ4n) is 3.76. The first-order valence-electron chi connectivity index (χ1n) is 8.34. The van der Waals surface area contributed by atoms with Crippen molar-refractivity contribution in [3.8, 4) is 0 Å². The molecule has 1 aromatic rings. The van der Waals surface area contributed by atoms with E-state index in [-0.39, 0.29) is 12.0 Å². The summed E-state index contributed by atoms with van der Waals surface area (Å²) < 4.78 is 39.7. The Bertz CT molecular complexity index is 590. The molecule has 0 spiro atoms. The summed E-state index contributed by atoms with van der Waals surface area (Å²) in [6.07, 6.45) is -1.45. The molecule has 0 aromatic carbocycles. The molecule has 3 rings (SSSR count). The second-order valence-electron chi connectivity index (χ2n) is 7.02. The molecule has 0 radical (unpaired) electrons. The third-order valence-corrected chi connectivity index (χ3v) is 4.98. The maximum atomic E-state index is 13.2. The molecule has 8 heteroatoms. The normalized spacial score (nSPS) is 25.5. The SMILES string of the molecule is CN1CC[C@@H]2[C@H](CCCN2c2nc(N(C)C)cc(C(F)(F)F)n2)C1. The van der Waals surface area contributed by atoms with Gasteiger partial charge in [-0.1, -0.05) is 0 Å². The van der Waals surface area contributed by atoms with Crippen LogP contribution in [0.3, 0.4) is 0 Å². The van der Waals surface area contributed by atoms with Crippen molar-refractivity contribution in [1.29, 1.82) is 0 Å². The molecule has 5 nitrogen and oxygen atoms in total. The minimum atomic E-state index is -4.47. The Labute approximate surface area is 140 Å². The van der Waals surface area contributed by atoms with E-state index < -0.39 is 11.9 Å². The van der Waals surface area contributed by atoms with E-state index in [1.807, 2.05) is 4.90 Å². The van der Waals surface area contributed by atoms with Crippen LogP contribution < -0.4 is 9.80 Å². The van der Waals surface area contributed by atoms with Gasteiger partial charge < -0.3 is 14.7 Å². The number of anilines is 2. The molecule has 2 fully saturated rings. The average Bonchev–Trinajstić information content (AvgIpc) is 2.52. The highest BCUT2D eigenvalue weighted by atomic mass is 19.4. The van der Waals surface area contributed by atoms with Gasteiger partial charge in [0.1, 0.15) is 5.82 Å². The number of fused-ring (bicyclic) bond motifs is 1. The quantitative estimate of drug-likeness (QED) is 0.824. The summed E-state index contributed by atoms with van der Waals surface area (Å²) in [6.45, 7) is 2.66. The Morgan fingerprint density at radius 2 is 1.92 bits per heavy atom. The van der Waals surface area contributed by atoms with Crippen LogP contribution in [0.5, 0.6) is 0 Å².